The van der Waals surface area contributed by atoms with Crippen molar-refractivity contribution in [1.82, 2.24) is 0 Å². The van der Waals surface area contributed by atoms with Crippen LogP contribution in [-0.4, -0.2) is 29.0 Å². The Hall–Kier alpha value is -1.45. The quantitative estimate of drug-likeness (QED) is 0.574. The number of ether oxygens (including phenoxy) is 1. The molecule has 17 heavy (non-hydrogen) atoms. The minimum atomic E-state index is -1.51. The first-order valence-electron chi connectivity index (χ1n) is 5.08. The smallest absolute Gasteiger partial charge is 0.337 e. The van der Waals surface area contributed by atoms with Gasteiger partial charge in [-0.2, -0.15) is 0 Å². The summed E-state index contributed by atoms with van der Waals surface area (Å²) in [7, 11) is 0.103. The lowest BCUT2D eigenvalue weighted by molar-refractivity contribution is -0.146. The van der Waals surface area contributed by atoms with Gasteiger partial charge in [-0.25, -0.2) is 4.79 Å². The fourth-order valence-electron chi connectivity index (χ4n) is 1.21. The SMILES string of the molecule is O=PCCCOc1ccc(C(O)C(=O)O)cc1. The van der Waals surface area contributed by atoms with Gasteiger partial charge < -0.3 is 14.9 Å². The molecular weight excluding hydrogens is 243 g/mol. The molecule has 2 N–H and O–H groups in total. The van der Waals surface area contributed by atoms with Crippen LogP contribution in [0.1, 0.15) is 18.1 Å². The van der Waals surface area contributed by atoms with Crippen molar-refractivity contribution in [2.75, 3.05) is 12.8 Å². The second kappa shape index (κ2) is 6.99. The molecule has 92 valence electrons. The minimum Gasteiger partial charge on any atom is -0.494 e. The number of carboxylic acid groups (broad SMARTS) is 1. The highest BCUT2D eigenvalue weighted by Gasteiger charge is 2.15. The van der Waals surface area contributed by atoms with Crippen LogP contribution in [0.4, 0.5) is 0 Å². The van der Waals surface area contributed by atoms with Crippen LogP contribution >= 0.6 is 8.46 Å². The molecule has 0 heterocycles. The Balaban J connectivity index is 2.50. The van der Waals surface area contributed by atoms with Crippen molar-refractivity contribution in [3.63, 3.8) is 0 Å². The van der Waals surface area contributed by atoms with Crippen molar-refractivity contribution in [2.24, 2.45) is 0 Å². The zero-order valence-electron chi connectivity index (χ0n) is 9.07. The molecule has 0 radical (unpaired) electrons. The monoisotopic (exact) mass is 256 g/mol. The summed E-state index contributed by atoms with van der Waals surface area (Å²) in [5.41, 5.74) is 0.308. The lowest BCUT2D eigenvalue weighted by Gasteiger charge is -2.08. The lowest BCUT2D eigenvalue weighted by atomic mass is 10.1. The first-order valence-corrected chi connectivity index (χ1v) is 6.07. The van der Waals surface area contributed by atoms with Crippen LogP contribution < -0.4 is 4.74 Å². The molecule has 0 aliphatic carbocycles. The van der Waals surface area contributed by atoms with Crippen molar-refractivity contribution in [3.05, 3.63) is 29.8 Å². The Bertz CT molecular complexity index is 376. The van der Waals surface area contributed by atoms with E-state index in [1.807, 2.05) is 0 Å². The lowest BCUT2D eigenvalue weighted by Crippen LogP contribution is -2.10. The third-order valence-corrected chi connectivity index (χ3v) is 2.59. The van der Waals surface area contributed by atoms with E-state index in [0.717, 1.165) is 0 Å². The number of carbonyl (C=O) groups is 1. The van der Waals surface area contributed by atoms with E-state index >= 15 is 0 Å². The first-order chi connectivity index (χ1) is 8.15. The molecular formula is C11H13O5P. The van der Waals surface area contributed by atoms with Gasteiger partial charge in [0.1, 0.15) is 5.75 Å². The highest BCUT2D eigenvalue weighted by atomic mass is 31.1. The van der Waals surface area contributed by atoms with E-state index in [-0.39, 0.29) is 8.46 Å². The van der Waals surface area contributed by atoms with E-state index in [2.05, 4.69) is 0 Å². The van der Waals surface area contributed by atoms with Gasteiger partial charge in [-0.05, 0) is 24.1 Å². The molecule has 0 bridgehead atoms. The van der Waals surface area contributed by atoms with E-state index in [4.69, 9.17) is 9.84 Å². The molecule has 0 amide bonds. The van der Waals surface area contributed by atoms with Crippen LogP contribution in [0.2, 0.25) is 0 Å². The average Bonchev–Trinajstić information content (AvgIpc) is 2.34. The predicted molar refractivity (Wildman–Crippen MR) is 61.6 cm³/mol. The van der Waals surface area contributed by atoms with Crippen molar-refractivity contribution in [2.45, 2.75) is 12.5 Å². The van der Waals surface area contributed by atoms with Crippen molar-refractivity contribution >= 4 is 14.4 Å². The number of carboxylic acids is 1. The normalized spacial score (nSPS) is 12.3. The molecule has 1 aromatic rings. The molecule has 6 heteroatoms. The van der Waals surface area contributed by atoms with Gasteiger partial charge in [-0.1, -0.05) is 12.1 Å². The molecule has 0 fully saturated rings. The standard InChI is InChI=1S/C11H13O5P/c12-10(11(13)14)8-2-4-9(5-3-8)16-6-1-7-17-15/h2-5,10,12H,1,6-7H2,(H,13,14). The van der Waals surface area contributed by atoms with Gasteiger partial charge in [-0.15, -0.1) is 0 Å². The molecule has 0 aliphatic heterocycles. The third-order valence-electron chi connectivity index (χ3n) is 2.09. The molecule has 1 unspecified atom stereocenters. The Kier molecular flexibility index (Phi) is 5.60. The zero-order valence-corrected chi connectivity index (χ0v) is 9.97. The number of aliphatic hydroxyl groups is 1. The Morgan fingerprint density at radius 3 is 2.53 bits per heavy atom. The maximum Gasteiger partial charge on any atom is 0.337 e. The van der Waals surface area contributed by atoms with Crippen LogP contribution in [0, 0.1) is 0 Å². The maximum atomic E-state index is 10.5. The van der Waals surface area contributed by atoms with Gasteiger partial charge in [0.25, 0.3) is 0 Å². The summed E-state index contributed by atoms with van der Waals surface area (Å²) in [4.78, 5) is 10.5. The van der Waals surface area contributed by atoms with Crippen molar-refractivity contribution in [3.8, 4) is 5.75 Å². The minimum absolute atomic E-state index is 0.103. The van der Waals surface area contributed by atoms with E-state index < -0.39 is 12.1 Å². The molecule has 5 nitrogen and oxygen atoms in total. The van der Waals surface area contributed by atoms with Gasteiger partial charge in [0.05, 0.1) is 6.61 Å². The number of hydrogen-bond donors (Lipinski definition) is 2. The maximum absolute atomic E-state index is 10.5. The number of rotatable bonds is 7. The summed E-state index contributed by atoms with van der Waals surface area (Å²) in [5.74, 6) is -0.693. The summed E-state index contributed by atoms with van der Waals surface area (Å²) >= 11 is 0. The zero-order chi connectivity index (χ0) is 12.7. The fraction of sp³-hybridized carbons (Fsp3) is 0.364. The molecule has 0 spiro atoms. The second-order valence-electron chi connectivity index (χ2n) is 3.36. The number of hydrogen-bond acceptors (Lipinski definition) is 4. The first kappa shape index (κ1) is 13.6. The summed E-state index contributed by atoms with van der Waals surface area (Å²) in [5, 5.41) is 17.9. The molecule has 1 aromatic carbocycles. The van der Waals surface area contributed by atoms with E-state index in [9.17, 15) is 14.5 Å². The molecule has 1 atom stereocenters. The average molecular weight is 256 g/mol. The number of benzene rings is 1. The van der Waals surface area contributed by atoms with Crippen LogP contribution in [0.15, 0.2) is 24.3 Å². The van der Waals surface area contributed by atoms with Crippen LogP contribution in [0.25, 0.3) is 0 Å². The molecule has 0 aliphatic rings. The van der Waals surface area contributed by atoms with Gasteiger partial charge in [0.15, 0.2) is 14.6 Å². The number of aliphatic hydroxyl groups excluding tert-OH is 1. The van der Waals surface area contributed by atoms with Crippen molar-refractivity contribution < 1.29 is 24.3 Å². The fourth-order valence-corrected chi connectivity index (χ4v) is 1.47. The topological polar surface area (TPSA) is 83.8 Å². The van der Waals surface area contributed by atoms with Gasteiger partial charge >= 0.3 is 5.97 Å². The van der Waals surface area contributed by atoms with Gasteiger partial charge in [0.2, 0.25) is 0 Å². The van der Waals surface area contributed by atoms with Crippen LogP contribution in [0.3, 0.4) is 0 Å². The van der Waals surface area contributed by atoms with E-state index in [0.29, 0.717) is 30.5 Å². The molecule has 0 saturated carbocycles. The largest absolute Gasteiger partial charge is 0.494 e. The van der Waals surface area contributed by atoms with Crippen LogP contribution in [-0.2, 0) is 9.36 Å². The highest BCUT2D eigenvalue weighted by Crippen LogP contribution is 2.18. The molecule has 0 aromatic heterocycles. The summed E-state index contributed by atoms with van der Waals surface area (Å²) < 4.78 is 15.5. The van der Waals surface area contributed by atoms with Crippen molar-refractivity contribution in [1.29, 1.82) is 0 Å². The third kappa shape index (κ3) is 4.51. The highest BCUT2D eigenvalue weighted by molar-refractivity contribution is 7.23. The van der Waals surface area contributed by atoms with Crippen LogP contribution in [0.5, 0.6) is 5.75 Å². The van der Waals surface area contributed by atoms with Gasteiger partial charge in [0, 0.05) is 6.16 Å². The van der Waals surface area contributed by atoms with E-state index in [1.54, 1.807) is 12.1 Å². The van der Waals surface area contributed by atoms with Gasteiger partial charge in [-0.3, -0.25) is 4.57 Å². The number of aliphatic carboxylic acids is 1. The molecule has 0 saturated heterocycles. The molecule has 1 rings (SSSR count). The Labute approximate surface area is 100 Å². The summed E-state index contributed by atoms with van der Waals surface area (Å²) in [6.45, 7) is 0.454. The van der Waals surface area contributed by atoms with E-state index in [1.165, 1.54) is 12.1 Å². The predicted octanol–water partition coefficient (Wildman–Crippen LogP) is 1.87. The Morgan fingerprint density at radius 1 is 1.35 bits per heavy atom. The Morgan fingerprint density at radius 2 is 2.00 bits per heavy atom. The summed E-state index contributed by atoms with van der Waals surface area (Å²) in [6.07, 6.45) is -0.274. The second-order valence-corrected chi connectivity index (χ2v) is 4.07. The summed E-state index contributed by atoms with van der Waals surface area (Å²) in [6, 6.07) is 6.19.